The summed E-state index contributed by atoms with van der Waals surface area (Å²) < 4.78 is 0. The van der Waals surface area contributed by atoms with Crippen molar-refractivity contribution in [2.45, 2.75) is 32.1 Å². The Labute approximate surface area is 78.4 Å². The van der Waals surface area contributed by atoms with Crippen LogP contribution < -0.4 is 5.73 Å². The number of nitrogens with two attached hydrogens (primary N) is 1. The van der Waals surface area contributed by atoms with Gasteiger partial charge in [0.15, 0.2) is 0 Å². The van der Waals surface area contributed by atoms with Crippen molar-refractivity contribution in [3.63, 3.8) is 0 Å². The van der Waals surface area contributed by atoms with E-state index in [1.807, 2.05) is 0 Å². The molecule has 2 rings (SSSR count). The summed E-state index contributed by atoms with van der Waals surface area (Å²) in [6.07, 6.45) is 7.27. The zero-order valence-electron chi connectivity index (χ0n) is 7.79. The SMILES string of the molecule is NCCCc1ncnc2c1CCC2. The first kappa shape index (κ1) is 8.63. The maximum absolute atomic E-state index is 5.48. The third-order valence-electron chi connectivity index (χ3n) is 2.58. The fourth-order valence-electron chi connectivity index (χ4n) is 1.91. The van der Waals surface area contributed by atoms with Crippen LogP contribution in [0.15, 0.2) is 6.33 Å². The van der Waals surface area contributed by atoms with Crippen LogP contribution in [-0.2, 0) is 19.3 Å². The van der Waals surface area contributed by atoms with E-state index >= 15 is 0 Å². The van der Waals surface area contributed by atoms with Gasteiger partial charge in [-0.15, -0.1) is 0 Å². The Morgan fingerprint density at radius 2 is 2.23 bits per heavy atom. The van der Waals surface area contributed by atoms with Crippen LogP contribution >= 0.6 is 0 Å². The number of nitrogens with zero attached hydrogens (tertiary/aromatic N) is 2. The minimum Gasteiger partial charge on any atom is -0.330 e. The summed E-state index contributed by atoms with van der Waals surface area (Å²) in [6, 6.07) is 0. The second-order valence-electron chi connectivity index (χ2n) is 3.49. The van der Waals surface area contributed by atoms with Crippen molar-refractivity contribution in [3.8, 4) is 0 Å². The molecule has 0 amide bonds. The van der Waals surface area contributed by atoms with Crippen LogP contribution in [0.2, 0.25) is 0 Å². The van der Waals surface area contributed by atoms with Crippen molar-refractivity contribution in [1.29, 1.82) is 0 Å². The molecule has 1 aromatic heterocycles. The summed E-state index contributed by atoms with van der Waals surface area (Å²) in [5.41, 5.74) is 9.37. The van der Waals surface area contributed by atoms with E-state index < -0.39 is 0 Å². The van der Waals surface area contributed by atoms with Crippen LogP contribution in [-0.4, -0.2) is 16.5 Å². The highest BCUT2D eigenvalue weighted by molar-refractivity contribution is 5.28. The molecule has 0 unspecified atom stereocenters. The summed E-state index contributed by atoms with van der Waals surface area (Å²) in [7, 11) is 0. The van der Waals surface area contributed by atoms with E-state index in [9.17, 15) is 0 Å². The van der Waals surface area contributed by atoms with E-state index in [1.165, 1.54) is 23.4 Å². The lowest BCUT2D eigenvalue weighted by molar-refractivity contribution is 0.791. The van der Waals surface area contributed by atoms with Crippen molar-refractivity contribution in [2.75, 3.05) is 6.54 Å². The topological polar surface area (TPSA) is 51.8 Å². The third-order valence-corrected chi connectivity index (χ3v) is 2.58. The Kier molecular flexibility index (Phi) is 2.54. The van der Waals surface area contributed by atoms with E-state index in [2.05, 4.69) is 9.97 Å². The lowest BCUT2D eigenvalue weighted by Gasteiger charge is -2.04. The van der Waals surface area contributed by atoms with Gasteiger partial charge in [-0.3, -0.25) is 0 Å². The fraction of sp³-hybridized carbons (Fsp3) is 0.600. The van der Waals surface area contributed by atoms with Gasteiger partial charge in [0.1, 0.15) is 6.33 Å². The van der Waals surface area contributed by atoms with Gasteiger partial charge in [0.25, 0.3) is 0 Å². The minimum atomic E-state index is 0.749. The number of rotatable bonds is 3. The number of fused-ring (bicyclic) bond motifs is 1. The van der Waals surface area contributed by atoms with E-state index in [-0.39, 0.29) is 0 Å². The molecule has 3 nitrogen and oxygen atoms in total. The second kappa shape index (κ2) is 3.83. The van der Waals surface area contributed by atoms with Gasteiger partial charge in [-0.05, 0) is 44.2 Å². The second-order valence-corrected chi connectivity index (χ2v) is 3.49. The first-order valence-electron chi connectivity index (χ1n) is 4.93. The first-order valence-corrected chi connectivity index (χ1v) is 4.93. The molecular weight excluding hydrogens is 162 g/mol. The average Bonchev–Trinajstić information content (AvgIpc) is 2.62. The highest BCUT2D eigenvalue weighted by atomic mass is 14.8. The molecule has 0 radical (unpaired) electrons. The lowest BCUT2D eigenvalue weighted by atomic mass is 10.1. The molecule has 0 aliphatic heterocycles. The fourth-order valence-corrected chi connectivity index (χ4v) is 1.91. The normalized spacial score (nSPS) is 14.5. The molecule has 3 heteroatoms. The minimum absolute atomic E-state index is 0.749. The van der Waals surface area contributed by atoms with Gasteiger partial charge in [-0.25, -0.2) is 9.97 Å². The van der Waals surface area contributed by atoms with Gasteiger partial charge in [0.2, 0.25) is 0 Å². The summed E-state index contributed by atoms with van der Waals surface area (Å²) in [6.45, 7) is 0.749. The predicted octanol–water partition coefficient (Wildman–Crippen LogP) is 0.857. The van der Waals surface area contributed by atoms with Gasteiger partial charge in [-0.2, -0.15) is 0 Å². The zero-order valence-corrected chi connectivity index (χ0v) is 7.79. The highest BCUT2D eigenvalue weighted by Crippen LogP contribution is 2.22. The molecule has 1 aromatic rings. The number of hydrogen-bond acceptors (Lipinski definition) is 3. The molecule has 0 saturated heterocycles. The van der Waals surface area contributed by atoms with Crippen molar-refractivity contribution in [2.24, 2.45) is 5.73 Å². The van der Waals surface area contributed by atoms with Crippen molar-refractivity contribution in [1.82, 2.24) is 9.97 Å². The quantitative estimate of drug-likeness (QED) is 0.745. The summed E-state index contributed by atoms with van der Waals surface area (Å²) in [4.78, 5) is 8.61. The Balaban J connectivity index is 2.20. The molecule has 1 aliphatic rings. The summed E-state index contributed by atoms with van der Waals surface area (Å²) in [5.74, 6) is 0. The maximum atomic E-state index is 5.48. The average molecular weight is 177 g/mol. The van der Waals surface area contributed by atoms with Gasteiger partial charge in [-0.1, -0.05) is 0 Å². The largest absolute Gasteiger partial charge is 0.330 e. The maximum Gasteiger partial charge on any atom is 0.115 e. The van der Waals surface area contributed by atoms with Gasteiger partial charge >= 0.3 is 0 Å². The molecule has 0 atom stereocenters. The van der Waals surface area contributed by atoms with Crippen LogP contribution in [0.25, 0.3) is 0 Å². The monoisotopic (exact) mass is 177 g/mol. The number of aryl methyl sites for hydroxylation is 2. The molecule has 0 fully saturated rings. The van der Waals surface area contributed by atoms with Crippen LogP contribution in [0.1, 0.15) is 29.8 Å². The lowest BCUT2D eigenvalue weighted by Crippen LogP contribution is -2.04. The molecule has 70 valence electrons. The Morgan fingerprint density at radius 3 is 3.08 bits per heavy atom. The molecule has 1 heterocycles. The third kappa shape index (κ3) is 1.70. The molecule has 0 spiro atoms. The molecule has 1 aliphatic carbocycles. The van der Waals surface area contributed by atoms with Crippen LogP contribution in [0.3, 0.4) is 0 Å². The Hall–Kier alpha value is -0.960. The standard InChI is InChI=1S/C10H15N3/c11-6-2-5-10-8-3-1-4-9(8)12-7-13-10/h7H,1-6,11H2. The van der Waals surface area contributed by atoms with E-state index in [0.29, 0.717) is 0 Å². The van der Waals surface area contributed by atoms with Crippen molar-refractivity contribution < 1.29 is 0 Å². The van der Waals surface area contributed by atoms with Gasteiger partial charge in [0, 0.05) is 11.4 Å². The summed E-state index contributed by atoms with van der Waals surface area (Å²) >= 11 is 0. The smallest absolute Gasteiger partial charge is 0.115 e. The molecule has 0 aromatic carbocycles. The molecule has 13 heavy (non-hydrogen) atoms. The number of hydrogen-bond donors (Lipinski definition) is 1. The van der Waals surface area contributed by atoms with Crippen molar-refractivity contribution >= 4 is 0 Å². The van der Waals surface area contributed by atoms with Gasteiger partial charge < -0.3 is 5.73 Å². The van der Waals surface area contributed by atoms with Crippen LogP contribution in [0, 0.1) is 0 Å². The first-order chi connectivity index (χ1) is 6.42. The number of aromatic nitrogens is 2. The van der Waals surface area contributed by atoms with E-state index in [4.69, 9.17) is 5.73 Å². The van der Waals surface area contributed by atoms with Gasteiger partial charge in [0.05, 0.1) is 0 Å². The molecule has 2 N–H and O–H groups in total. The Bertz CT molecular complexity index is 296. The Morgan fingerprint density at radius 1 is 1.31 bits per heavy atom. The predicted molar refractivity (Wildman–Crippen MR) is 51.4 cm³/mol. The van der Waals surface area contributed by atoms with Crippen LogP contribution in [0.5, 0.6) is 0 Å². The highest BCUT2D eigenvalue weighted by Gasteiger charge is 2.15. The molecule has 0 bridgehead atoms. The zero-order chi connectivity index (χ0) is 9.10. The van der Waals surface area contributed by atoms with E-state index in [1.54, 1.807) is 6.33 Å². The van der Waals surface area contributed by atoms with E-state index in [0.717, 1.165) is 32.2 Å². The molecule has 0 saturated carbocycles. The van der Waals surface area contributed by atoms with Crippen LogP contribution in [0.4, 0.5) is 0 Å². The summed E-state index contributed by atoms with van der Waals surface area (Å²) in [5, 5.41) is 0. The van der Waals surface area contributed by atoms with Crippen molar-refractivity contribution in [3.05, 3.63) is 23.3 Å². The molecular formula is C10H15N3.